The number of hydrogen-bond acceptors (Lipinski definition) is 4. The maximum atomic E-state index is 12.9. The lowest BCUT2D eigenvalue weighted by molar-refractivity contribution is 0.0791. The number of ether oxygens (including phenoxy) is 1. The molecule has 0 aliphatic carbocycles. The van der Waals surface area contributed by atoms with Crippen LogP contribution in [0.15, 0.2) is 41.9 Å². The zero-order valence-corrected chi connectivity index (χ0v) is 14.6. The van der Waals surface area contributed by atoms with Crippen molar-refractivity contribution in [1.29, 1.82) is 0 Å². The normalized spacial score (nSPS) is 19.2. The highest BCUT2D eigenvalue weighted by Crippen LogP contribution is 2.33. The van der Waals surface area contributed by atoms with E-state index in [1.165, 1.54) is 11.1 Å². The summed E-state index contributed by atoms with van der Waals surface area (Å²) in [5.41, 5.74) is 6.18. The molecule has 0 saturated carbocycles. The minimum absolute atomic E-state index is 0.127. The molecule has 5 heteroatoms. The van der Waals surface area contributed by atoms with Crippen molar-refractivity contribution in [3.05, 3.63) is 58.6 Å². The van der Waals surface area contributed by atoms with Crippen molar-refractivity contribution >= 4 is 27.5 Å². The van der Waals surface area contributed by atoms with Gasteiger partial charge in [0.15, 0.2) is 0 Å². The molecule has 2 aliphatic rings. The van der Waals surface area contributed by atoms with E-state index in [1.54, 1.807) is 11.3 Å². The maximum Gasteiger partial charge on any atom is 0.253 e. The predicted octanol–water partition coefficient (Wildman–Crippen LogP) is 3.86. The molecule has 1 fully saturated rings. The first kappa shape index (κ1) is 14.9. The van der Waals surface area contributed by atoms with Crippen molar-refractivity contribution < 1.29 is 9.53 Å². The van der Waals surface area contributed by atoms with Crippen LogP contribution < -0.4 is 4.74 Å². The second kappa shape index (κ2) is 5.85. The van der Waals surface area contributed by atoms with Gasteiger partial charge in [-0.25, -0.2) is 4.98 Å². The molecule has 1 unspecified atom stereocenters. The molecule has 4 nitrogen and oxygen atoms in total. The second-order valence-corrected chi connectivity index (χ2v) is 7.62. The average molecular weight is 350 g/mol. The van der Waals surface area contributed by atoms with Gasteiger partial charge in [0.1, 0.15) is 5.75 Å². The second-order valence-electron chi connectivity index (χ2n) is 6.74. The van der Waals surface area contributed by atoms with Crippen molar-refractivity contribution in [3.63, 3.8) is 0 Å². The van der Waals surface area contributed by atoms with Gasteiger partial charge in [0.05, 0.1) is 22.3 Å². The number of rotatable bonds is 2. The number of fused-ring (bicyclic) bond motifs is 2. The average Bonchev–Trinajstić information content (AvgIpc) is 3.39. The Bertz CT molecular complexity index is 965. The molecule has 1 amide bonds. The van der Waals surface area contributed by atoms with Gasteiger partial charge in [-0.3, -0.25) is 4.79 Å². The third kappa shape index (κ3) is 2.59. The molecule has 0 bridgehead atoms. The number of nitrogens with zero attached hydrogens (tertiary/aromatic N) is 2. The summed E-state index contributed by atoms with van der Waals surface area (Å²) >= 11 is 1.58. The highest BCUT2D eigenvalue weighted by Gasteiger charge is 2.29. The number of likely N-dealkylation sites (tertiary alicyclic amines) is 1. The van der Waals surface area contributed by atoms with Crippen LogP contribution in [-0.2, 0) is 6.42 Å². The summed E-state index contributed by atoms with van der Waals surface area (Å²) in [4.78, 5) is 19.1. The Morgan fingerprint density at radius 1 is 1.24 bits per heavy atom. The molecule has 2 aromatic carbocycles. The number of carbonyl (C=O) groups excluding carboxylic acids is 1. The Kier molecular flexibility index (Phi) is 3.48. The Hall–Kier alpha value is -2.40. The molecule has 0 spiro atoms. The lowest BCUT2D eigenvalue weighted by atomic mass is 9.96. The first-order valence-electron chi connectivity index (χ1n) is 8.66. The zero-order valence-electron chi connectivity index (χ0n) is 13.8. The number of hydrogen-bond donors (Lipinski definition) is 0. The van der Waals surface area contributed by atoms with E-state index in [9.17, 15) is 4.79 Å². The molecule has 3 heterocycles. The molecule has 2 aliphatic heterocycles. The fourth-order valence-electron chi connectivity index (χ4n) is 3.85. The first-order valence-corrected chi connectivity index (χ1v) is 9.54. The van der Waals surface area contributed by atoms with Crippen molar-refractivity contribution in [2.45, 2.75) is 18.8 Å². The van der Waals surface area contributed by atoms with E-state index < -0.39 is 0 Å². The van der Waals surface area contributed by atoms with E-state index in [0.717, 1.165) is 54.1 Å². The van der Waals surface area contributed by atoms with Crippen LogP contribution in [-0.4, -0.2) is 35.5 Å². The summed E-state index contributed by atoms with van der Waals surface area (Å²) in [6.45, 7) is 2.39. The van der Waals surface area contributed by atoms with E-state index in [2.05, 4.69) is 23.2 Å². The molecule has 1 aromatic heterocycles. The maximum absolute atomic E-state index is 12.9. The van der Waals surface area contributed by atoms with E-state index in [-0.39, 0.29) is 5.91 Å². The lowest BCUT2D eigenvalue weighted by Gasteiger charge is -2.17. The van der Waals surface area contributed by atoms with Gasteiger partial charge in [0, 0.05) is 31.0 Å². The molecule has 1 atom stereocenters. The molecule has 0 radical (unpaired) electrons. The van der Waals surface area contributed by atoms with Crippen LogP contribution in [0.3, 0.4) is 0 Å². The number of aromatic nitrogens is 1. The Labute approximate surface area is 150 Å². The van der Waals surface area contributed by atoms with Gasteiger partial charge in [-0.05, 0) is 41.8 Å². The third-order valence-corrected chi connectivity index (χ3v) is 6.03. The van der Waals surface area contributed by atoms with E-state index in [0.29, 0.717) is 5.92 Å². The summed E-state index contributed by atoms with van der Waals surface area (Å²) in [5, 5.41) is 0. The summed E-state index contributed by atoms with van der Waals surface area (Å²) < 4.78 is 6.66. The van der Waals surface area contributed by atoms with Gasteiger partial charge < -0.3 is 9.64 Å². The van der Waals surface area contributed by atoms with Crippen LogP contribution in [0.4, 0.5) is 0 Å². The van der Waals surface area contributed by atoms with E-state index in [4.69, 9.17) is 4.74 Å². The highest BCUT2D eigenvalue weighted by atomic mass is 32.1. The molecule has 5 rings (SSSR count). The summed E-state index contributed by atoms with van der Waals surface area (Å²) in [6.07, 6.45) is 2.02. The van der Waals surface area contributed by atoms with Gasteiger partial charge in [0.2, 0.25) is 0 Å². The monoisotopic (exact) mass is 350 g/mol. The molecule has 126 valence electrons. The summed E-state index contributed by atoms with van der Waals surface area (Å²) in [7, 11) is 0. The standard InChI is InChI=1S/C20H18N2O2S/c23-20(15-1-3-17-19(10-15)25-12-21-17)22-7-5-16(11-22)13-2-4-18-14(9-13)6-8-24-18/h1-4,9-10,12,16H,5-8,11H2. The predicted molar refractivity (Wildman–Crippen MR) is 98.5 cm³/mol. The third-order valence-electron chi connectivity index (χ3n) is 5.24. The fourth-order valence-corrected chi connectivity index (χ4v) is 4.56. The first-order chi connectivity index (χ1) is 12.3. The zero-order chi connectivity index (χ0) is 16.8. The molecular formula is C20H18N2O2S. The van der Waals surface area contributed by atoms with Gasteiger partial charge in [-0.15, -0.1) is 11.3 Å². The Morgan fingerprint density at radius 3 is 3.16 bits per heavy atom. The van der Waals surface area contributed by atoms with Gasteiger partial charge in [-0.2, -0.15) is 0 Å². The van der Waals surface area contributed by atoms with Crippen LogP contribution in [0, 0.1) is 0 Å². The molecule has 0 N–H and O–H groups in total. The Morgan fingerprint density at radius 2 is 2.20 bits per heavy atom. The summed E-state index contributed by atoms with van der Waals surface area (Å²) in [6, 6.07) is 12.3. The molecular weight excluding hydrogens is 332 g/mol. The van der Waals surface area contributed by atoms with Crippen molar-refractivity contribution in [2.75, 3.05) is 19.7 Å². The van der Waals surface area contributed by atoms with Gasteiger partial charge >= 0.3 is 0 Å². The van der Waals surface area contributed by atoms with Crippen molar-refractivity contribution in [2.24, 2.45) is 0 Å². The van der Waals surface area contributed by atoms with Crippen LogP contribution in [0.5, 0.6) is 5.75 Å². The fraction of sp³-hybridized carbons (Fsp3) is 0.300. The number of benzene rings is 2. The Balaban J connectivity index is 1.35. The van der Waals surface area contributed by atoms with Crippen LogP contribution in [0.25, 0.3) is 10.2 Å². The molecule has 3 aromatic rings. The smallest absolute Gasteiger partial charge is 0.253 e. The van der Waals surface area contributed by atoms with Crippen LogP contribution >= 0.6 is 11.3 Å². The van der Waals surface area contributed by atoms with E-state index >= 15 is 0 Å². The van der Waals surface area contributed by atoms with Gasteiger partial charge in [-0.1, -0.05) is 12.1 Å². The minimum atomic E-state index is 0.127. The van der Waals surface area contributed by atoms with Crippen LogP contribution in [0.2, 0.25) is 0 Å². The lowest BCUT2D eigenvalue weighted by Crippen LogP contribution is -2.28. The molecule has 25 heavy (non-hydrogen) atoms. The van der Waals surface area contributed by atoms with Crippen LogP contribution in [0.1, 0.15) is 33.8 Å². The number of thiazole rings is 1. The minimum Gasteiger partial charge on any atom is -0.493 e. The van der Waals surface area contributed by atoms with Gasteiger partial charge in [0.25, 0.3) is 5.91 Å². The largest absolute Gasteiger partial charge is 0.493 e. The SMILES string of the molecule is O=C(c1ccc2ncsc2c1)N1CCC(c2ccc3c(c2)CCO3)C1. The topological polar surface area (TPSA) is 42.4 Å². The van der Waals surface area contributed by atoms with Crippen molar-refractivity contribution in [1.82, 2.24) is 9.88 Å². The molecule has 1 saturated heterocycles. The van der Waals surface area contributed by atoms with Crippen molar-refractivity contribution in [3.8, 4) is 5.75 Å². The summed E-state index contributed by atoms with van der Waals surface area (Å²) in [5.74, 6) is 1.57. The number of amides is 1. The number of carbonyl (C=O) groups is 1. The van der Waals surface area contributed by atoms with E-state index in [1.807, 2.05) is 28.6 Å². The highest BCUT2D eigenvalue weighted by molar-refractivity contribution is 7.16. The quantitative estimate of drug-likeness (QED) is 0.705.